The van der Waals surface area contributed by atoms with E-state index in [0.29, 0.717) is 23.9 Å². The first-order valence-corrected chi connectivity index (χ1v) is 6.41. The van der Waals surface area contributed by atoms with Crippen molar-refractivity contribution in [3.05, 3.63) is 48.3 Å². The summed E-state index contributed by atoms with van der Waals surface area (Å²) in [6.07, 6.45) is 3.23. The topological polar surface area (TPSA) is 75.9 Å². The fourth-order valence-corrected chi connectivity index (χ4v) is 1.89. The van der Waals surface area contributed by atoms with Crippen molar-refractivity contribution in [3.63, 3.8) is 0 Å². The number of aromatic nitrogens is 2. The summed E-state index contributed by atoms with van der Waals surface area (Å²) in [5.41, 5.74) is 9.91. The first-order valence-electron chi connectivity index (χ1n) is 6.41. The molecule has 2 rings (SSSR count). The highest BCUT2D eigenvalue weighted by molar-refractivity contribution is 5.78. The first-order chi connectivity index (χ1) is 9.61. The molecule has 1 aromatic heterocycles. The predicted octanol–water partition coefficient (Wildman–Crippen LogP) is 3.02. The molecule has 1 heterocycles. The molecule has 0 atom stereocenters. The number of nitrogens with one attached hydrogen (secondary N) is 2. The Kier molecular flexibility index (Phi) is 4.20. The summed E-state index contributed by atoms with van der Waals surface area (Å²) < 4.78 is 0. The Balaban J connectivity index is 2.27. The van der Waals surface area contributed by atoms with Crippen molar-refractivity contribution in [2.75, 3.05) is 22.9 Å². The first kappa shape index (κ1) is 13.9. The van der Waals surface area contributed by atoms with Crippen molar-refractivity contribution >= 4 is 23.0 Å². The minimum atomic E-state index is 0.495. The number of benzene rings is 1. The van der Waals surface area contributed by atoms with Gasteiger partial charge in [-0.2, -0.15) is 0 Å². The highest BCUT2D eigenvalue weighted by Crippen LogP contribution is 2.27. The number of anilines is 4. The average molecular weight is 269 g/mol. The van der Waals surface area contributed by atoms with Crippen molar-refractivity contribution in [3.8, 4) is 0 Å². The molecule has 0 fully saturated rings. The van der Waals surface area contributed by atoms with Crippen LogP contribution in [0, 0.1) is 13.8 Å². The van der Waals surface area contributed by atoms with Gasteiger partial charge in [-0.3, -0.25) is 0 Å². The van der Waals surface area contributed by atoms with E-state index >= 15 is 0 Å². The molecular weight excluding hydrogens is 250 g/mol. The number of rotatable bonds is 5. The lowest BCUT2D eigenvalue weighted by atomic mass is 10.1. The van der Waals surface area contributed by atoms with Crippen molar-refractivity contribution < 1.29 is 0 Å². The Hall–Kier alpha value is -2.56. The van der Waals surface area contributed by atoms with Gasteiger partial charge in [-0.15, -0.1) is 6.58 Å². The minimum Gasteiger partial charge on any atom is -0.393 e. The largest absolute Gasteiger partial charge is 0.393 e. The van der Waals surface area contributed by atoms with Gasteiger partial charge < -0.3 is 16.4 Å². The van der Waals surface area contributed by atoms with Gasteiger partial charge in [0.05, 0.1) is 0 Å². The van der Waals surface area contributed by atoms with Gasteiger partial charge in [0.2, 0.25) is 0 Å². The molecule has 0 saturated carbocycles. The molecule has 20 heavy (non-hydrogen) atoms. The second-order valence-corrected chi connectivity index (χ2v) is 4.60. The third-order valence-corrected chi connectivity index (χ3v) is 2.93. The normalized spacial score (nSPS) is 10.1. The lowest BCUT2D eigenvalue weighted by molar-refractivity contribution is 1.14. The van der Waals surface area contributed by atoms with E-state index in [1.807, 2.05) is 19.1 Å². The molecule has 2 aromatic rings. The third-order valence-electron chi connectivity index (χ3n) is 2.93. The van der Waals surface area contributed by atoms with Crippen molar-refractivity contribution in [1.82, 2.24) is 9.97 Å². The molecule has 1 aromatic carbocycles. The summed E-state index contributed by atoms with van der Waals surface area (Å²) in [5, 5.41) is 6.32. The van der Waals surface area contributed by atoms with Crippen molar-refractivity contribution in [1.29, 1.82) is 0 Å². The van der Waals surface area contributed by atoms with Crippen molar-refractivity contribution in [2.24, 2.45) is 0 Å². The molecule has 104 valence electrons. The Morgan fingerprint density at radius 2 is 2.00 bits per heavy atom. The lowest BCUT2D eigenvalue weighted by Gasteiger charge is -2.13. The summed E-state index contributed by atoms with van der Waals surface area (Å²) >= 11 is 0. The minimum absolute atomic E-state index is 0.495. The molecule has 0 aliphatic rings. The Labute approximate surface area is 119 Å². The van der Waals surface area contributed by atoms with E-state index in [1.165, 1.54) is 11.9 Å². The van der Waals surface area contributed by atoms with Gasteiger partial charge in [-0.25, -0.2) is 9.97 Å². The van der Waals surface area contributed by atoms with E-state index in [1.54, 1.807) is 6.08 Å². The maximum absolute atomic E-state index is 6.07. The zero-order chi connectivity index (χ0) is 14.5. The zero-order valence-electron chi connectivity index (χ0n) is 11.8. The van der Waals surface area contributed by atoms with Crippen LogP contribution in [0.1, 0.15) is 11.1 Å². The molecule has 0 aliphatic carbocycles. The second kappa shape index (κ2) is 6.06. The SMILES string of the molecule is C=CCNc1ncnc(Nc2ccc(C)cc2C)c1N. The van der Waals surface area contributed by atoms with Crippen LogP contribution in [0.5, 0.6) is 0 Å². The van der Waals surface area contributed by atoms with Crippen LogP contribution in [-0.2, 0) is 0 Å². The van der Waals surface area contributed by atoms with E-state index in [2.05, 4.69) is 40.2 Å². The van der Waals surface area contributed by atoms with Gasteiger partial charge in [-0.1, -0.05) is 23.8 Å². The predicted molar refractivity (Wildman–Crippen MR) is 84.3 cm³/mol. The van der Waals surface area contributed by atoms with E-state index in [4.69, 9.17) is 5.73 Å². The van der Waals surface area contributed by atoms with Gasteiger partial charge in [0, 0.05) is 12.2 Å². The second-order valence-electron chi connectivity index (χ2n) is 4.60. The van der Waals surface area contributed by atoms with Gasteiger partial charge in [0.1, 0.15) is 12.0 Å². The molecule has 5 heteroatoms. The van der Waals surface area contributed by atoms with Gasteiger partial charge >= 0.3 is 0 Å². The molecule has 0 bridgehead atoms. The number of hydrogen-bond donors (Lipinski definition) is 3. The average Bonchev–Trinajstić information content (AvgIpc) is 2.42. The fourth-order valence-electron chi connectivity index (χ4n) is 1.89. The molecule has 5 nitrogen and oxygen atoms in total. The van der Waals surface area contributed by atoms with Gasteiger partial charge in [0.25, 0.3) is 0 Å². The summed E-state index contributed by atoms with van der Waals surface area (Å²) in [4.78, 5) is 8.31. The zero-order valence-corrected chi connectivity index (χ0v) is 11.8. The Morgan fingerprint density at radius 3 is 2.70 bits per heavy atom. The highest BCUT2D eigenvalue weighted by atomic mass is 15.1. The molecule has 0 aliphatic heterocycles. The molecule has 0 amide bonds. The number of nitrogens with zero attached hydrogens (tertiary/aromatic N) is 2. The van der Waals surface area contributed by atoms with Crippen LogP contribution >= 0.6 is 0 Å². The fraction of sp³-hybridized carbons (Fsp3) is 0.200. The smallest absolute Gasteiger partial charge is 0.159 e. The third kappa shape index (κ3) is 3.06. The maximum atomic E-state index is 6.07. The quantitative estimate of drug-likeness (QED) is 0.727. The number of nitrogens with two attached hydrogens (primary N) is 1. The molecule has 0 radical (unpaired) electrons. The Morgan fingerprint density at radius 1 is 1.25 bits per heavy atom. The van der Waals surface area contributed by atoms with Crippen LogP contribution in [0.4, 0.5) is 23.0 Å². The van der Waals surface area contributed by atoms with Crippen LogP contribution in [0.15, 0.2) is 37.2 Å². The number of aryl methyl sites for hydroxylation is 2. The van der Waals surface area contributed by atoms with Crippen LogP contribution in [0.2, 0.25) is 0 Å². The number of hydrogen-bond acceptors (Lipinski definition) is 5. The van der Waals surface area contributed by atoms with E-state index in [-0.39, 0.29) is 0 Å². The van der Waals surface area contributed by atoms with Gasteiger partial charge in [-0.05, 0) is 25.5 Å². The molecule has 4 N–H and O–H groups in total. The molecule has 0 unspecified atom stereocenters. The summed E-state index contributed by atoms with van der Waals surface area (Å²) in [5.74, 6) is 1.20. The van der Waals surface area contributed by atoms with Crippen LogP contribution < -0.4 is 16.4 Å². The van der Waals surface area contributed by atoms with Crippen LogP contribution in [-0.4, -0.2) is 16.5 Å². The summed E-state index contributed by atoms with van der Waals surface area (Å²) in [6, 6.07) is 6.17. The van der Waals surface area contributed by atoms with Crippen molar-refractivity contribution in [2.45, 2.75) is 13.8 Å². The van der Waals surface area contributed by atoms with E-state index in [0.717, 1.165) is 11.3 Å². The summed E-state index contributed by atoms with van der Waals surface area (Å²) in [6.45, 7) is 8.36. The van der Waals surface area contributed by atoms with E-state index in [9.17, 15) is 0 Å². The lowest BCUT2D eigenvalue weighted by Crippen LogP contribution is -2.08. The van der Waals surface area contributed by atoms with Crippen LogP contribution in [0.25, 0.3) is 0 Å². The highest BCUT2D eigenvalue weighted by Gasteiger charge is 2.08. The Bertz CT molecular complexity index is 622. The monoisotopic (exact) mass is 269 g/mol. The molecule has 0 spiro atoms. The summed E-state index contributed by atoms with van der Waals surface area (Å²) in [7, 11) is 0. The standard InChI is InChI=1S/C15H19N5/c1-4-7-17-14-13(16)15(19-9-18-14)20-12-6-5-10(2)8-11(12)3/h4-6,8-9H,1,7,16H2,2-3H3,(H2,17,18,19,20). The van der Waals surface area contributed by atoms with Gasteiger partial charge in [0.15, 0.2) is 11.6 Å². The molecular formula is C15H19N5. The maximum Gasteiger partial charge on any atom is 0.159 e. The van der Waals surface area contributed by atoms with E-state index < -0.39 is 0 Å². The molecule has 0 saturated heterocycles. The number of nitrogen functional groups attached to an aromatic ring is 1. The van der Waals surface area contributed by atoms with Crippen LogP contribution in [0.3, 0.4) is 0 Å².